The quantitative estimate of drug-likeness (QED) is 0.790. The van der Waals surface area contributed by atoms with Crippen molar-refractivity contribution in [3.63, 3.8) is 0 Å². The molecule has 0 aromatic carbocycles. The first-order chi connectivity index (χ1) is 8.53. The fourth-order valence-electron chi connectivity index (χ4n) is 3.06. The molecule has 0 N–H and O–H groups in total. The number of likely N-dealkylation sites (tertiary alicyclic amines) is 1. The monoisotopic (exact) mass is 269 g/mol. The number of ketones is 1. The van der Waals surface area contributed by atoms with Gasteiger partial charge in [0, 0.05) is 19.0 Å². The number of rotatable bonds is 3. The highest BCUT2D eigenvalue weighted by Gasteiger charge is 2.42. The van der Waals surface area contributed by atoms with Gasteiger partial charge in [0.15, 0.2) is 0 Å². The van der Waals surface area contributed by atoms with Crippen LogP contribution in [0.5, 0.6) is 0 Å². The maximum Gasteiger partial charge on any atom is 0.238 e. The summed E-state index contributed by atoms with van der Waals surface area (Å²) in [6.45, 7) is 4.54. The van der Waals surface area contributed by atoms with Crippen LogP contribution in [0, 0.1) is 0 Å². The summed E-state index contributed by atoms with van der Waals surface area (Å²) in [6, 6.07) is 0.154. The minimum atomic E-state index is -0.230. The highest BCUT2D eigenvalue weighted by molar-refractivity contribution is 8.01. The van der Waals surface area contributed by atoms with E-state index in [2.05, 4.69) is 6.92 Å². The summed E-state index contributed by atoms with van der Waals surface area (Å²) in [5, 5.41) is 0. The van der Waals surface area contributed by atoms with Crippen LogP contribution in [0.1, 0.15) is 52.4 Å². The second-order valence-corrected chi connectivity index (χ2v) is 7.34. The number of Topliss-reactive ketones (excluding diaryl/α,β-unsaturated/α-hetero) is 1. The standard InChI is InChI=1S/C14H23NO2S/c1-11(16)10-12-6-3-4-8-15(12)13(17)14(2)7-5-9-18-14/h12H,3-10H2,1-2H3. The summed E-state index contributed by atoms with van der Waals surface area (Å²) in [7, 11) is 0. The molecule has 2 heterocycles. The fourth-order valence-corrected chi connectivity index (χ4v) is 4.33. The lowest BCUT2D eigenvalue weighted by molar-refractivity contribution is -0.138. The molecule has 0 aromatic heterocycles. The first kappa shape index (κ1) is 13.9. The third kappa shape index (κ3) is 2.90. The van der Waals surface area contributed by atoms with E-state index in [-0.39, 0.29) is 22.5 Å². The maximum absolute atomic E-state index is 12.7. The van der Waals surface area contributed by atoms with Crippen molar-refractivity contribution in [1.29, 1.82) is 0 Å². The number of carbonyl (C=O) groups excluding carboxylic acids is 2. The zero-order valence-corrected chi connectivity index (χ0v) is 12.2. The molecule has 0 aliphatic carbocycles. The van der Waals surface area contributed by atoms with Gasteiger partial charge in [-0.25, -0.2) is 0 Å². The van der Waals surface area contributed by atoms with Crippen LogP contribution in [0.15, 0.2) is 0 Å². The van der Waals surface area contributed by atoms with Crippen LogP contribution < -0.4 is 0 Å². The second kappa shape index (κ2) is 5.64. The fraction of sp³-hybridized carbons (Fsp3) is 0.857. The first-order valence-corrected chi connectivity index (χ1v) is 7.96. The molecule has 2 rings (SSSR count). The summed E-state index contributed by atoms with van der Waals surface area (Å²) in [4.78, 5) is 26.0. The summed E-state index contributed by atoms with van der Waals surface area (Å²) < 4.78 is -0.230. The van der Waals surface area contributed by atoms with Crippen molar-refractivity contribution < 1.29 is 9.59 Å². The Morgan fingerprint density at radius 1 is 1.33 bits per heavy atom. The zero-order chi connectivity index (χ0) is 13.2. The van der Waals surface area contributed by atoms with E-state index in [0.717, 1.165) is 44.4 Å². The predicted molar refractivity (Wildman–Crippen MR) is 74.7 cm³/mol. The molecule has 102 valence electrons. The Morgan fingerprint density at radius 3 is 2.72 bits per heavy atom. The molecule has 4 heteroatoms. The highest BCUT2D eigenvalue weighted by atomic mass is 32.2. The SMILES string of the molecule is CC(=O)CC1CCCCN1C(=O)C1(C)CCCS1. The van der Waals surface area contributed by atoms with E-state index in [4.69, 9.17) is 0 Å². The number of nitrogens with zero attached hydrogens (tertiary/aromatic N) is 1. The molecule has 2 aliphatic heterocycles. The number of piperidine rings is 1. The van der Waals surface area contributed by atoms with E-state index in [1.54, 1.807) is 18.7 Å². The van der Waals surface area contributed by atoms with Crippen LogP contribution in [0.4, 0.5) is 0 Å². The first-order valence-electron chi connectivity index (χ1n) is 6.97. The summed E-state index contributed by atoms with van der Waals surface area (Å²) in [5.74, 6) is 1.56. The van der Waals surface area contributed by atoms with E-state index in [0.29, 0.717) is 6.42 Å². The average molecular weight is 269 g/mol. The predicted octanol–water partition coefficient (Wildman–Crippen LogP) is 2.63. The molecule has 2 aliphatic rings. The van der Waals surface area contributed by atoms with Crippen LogP contribution >= 0.6 is 11.8 Å². The van der Waals surface area contributed by atoms with Gasteiger partial charge < -0.3 is 4.90 Å². The van der Waals surface area contributed by atoms with Gasteiger partial charge in [-0.3, -0.25) is 9.59 Å². The Bertz CT molecular complexity index is 337. The van der Waals surface area contributed by atoms with Gasteiger partial charge in [0.25, 0.3) is 0 Å². The molecule has 3 nitrogen and oxygen atoms in total. The third-order valence-electron chi connectivity index (χ3n) is 4.08. The number of hydrogen-bond acceptors (Lipinski definition) is 3. The Kier molecular flexibility index (Phi) is 4.36. The van der Waals surface area contributed by atoms with E-state index < -0.39 is 0 Å². The van der Waals surface area contributed by atoms with Gasteiger partial charge in [-0.2, -0.15) is 0 Å². The van der Waals surface area contributed by atoms with E-state index in [1.165, 1.54) is 0 Å². The van der Waals surface area contributed by atoms with Crippen LogP contribution in [-0.2, 0) is 9.59 Å². The van der Waals surface area contributed by atoms with E-state index >= 15 is 0 Å². The van der Waals surface area contributed by atoms with Gasteiger partial charge in [0.2, 0.25) is 5.91 Å². The minimum Gasteiger partial charge on any atom is -0.338 e. The Balaban J connectivity index is 2.08. The largest absolute Gasteiger partial charge is 0.338 e. The molecule has 1 amide bonds. The topological polar surface area (TPSA) is 37.4 Å². The molecule has 18 heavy (non-hydrogen) atoms. The van der Waals surface area contributed by atoms with Crippen molar-refractivity contribution >= 4 is 23.5 Å². The van der Waals surface area contributed by atoms with Gasteiger partial charge >= 0.3 is 0 Å². The van der Waals surface area contributed by atoms with E-state index in [9.17, 15) is 9.59 Å². The molecule has 0 radical (unpaired) electrons. The molecule has 0 spiro atoms. The zero-order valence-electron chi connectivity index (χ0n) is 11.4. The number of amides is 1. The summed E-state index contributed by atoms with van der Waals surface area (Å²) in [5.41, 5.74) is 0. The number of hydrogen-bond donors (Lipinski definition) is 0. The van der Waals surface area contributed by atoms with Crippen LogP contribution in [0.3, 0.4) is 0 Å². The molecule has 2 unspecified atom stereocenters. The normalized spacial score (nSPS) is 32.6. The summed E-state index contributed by atoms with van der Waals surface area (Å²) >= 11 is 1.79. The second-order valence-electron chi connectivity index (χ2n) is 5.74. The van der Waals surface area contributed by atoms with Crippen LogP contribution in [-0.4, -0.2) is 39.7 Å². The molecule has 0 bridgehead atoms. The lowest BCUT2D eigenvalue weighted by Gasteiger charge is -2.39. The van der Waals surface area contributed by atoms with Gasteiger partial charge in [0.1, 0.15) is 5.78 Å². The van der Waals surface area contributed by atoms with Crippen molar-refractivity contribution in [2.75, 3.05) is 12.3 Å². The van der Waals surface area contributed by atoms with Crippen LogP contribution in [0.25, 0.3) is 0 Å². The molecule has 2 fully saturated rings. The Labute approximate surface area is 114 Å². The van der Waals surface area contributed by atoms with Gasteiger partial charge in [-0.1, -0.05) is 0 Å². The molecule has 0 saturated carbocycles. The molecular weight excluding hydrogens is 246 g/mol. The van der Waals surface area contributed by atoms with Gasteiger partial charge in [-0.05, 0) is 51.7 Å². The minimum absolute atomic E-state index is 0.154. The van der Waals surface area contributed by atoms with Crippen molar-refractivity contribution in [3.8, 4) is 0 Å². The molecule has 0 aromatic rings. The Hall–Kier alpha value is -0.510. The third-order valence-corrected chi connectivity index (χ3v) is 5.59. The van der Waals surface area contributed by atoms with Crippen molar-refractivity contribution in [2.24, 2.45) is 0 Å². The van der Waals surface area contributed by atoms with Crippen molar-refractivity contribution in [1.82, 2.24) is 4.90 Å². The number of carbonyl (C=O) groups is 2. The van der Waals surface area contributed by atoms with Gasteiger partial charge in [0.05, 0.1) is 4.75 Å². The molecular formula is C14H23NO2S. The van der Waals surface area contributed by atoms with Crippen molar-refractivity contribution in [3.05, 3.63) is 0 Å². The van der Waals surface area contributed by atoms with Crippen molar-refractivity contribution in [2.45, 2.75) is 63.2 Å². The van der Waals surface area contributed by atoms with E-state index in [1.807, 2.05) is 4.90 Å². The average Bonchev–Trinajstić information content (AvgIpc) is 2.76. The lowest BCUT2D eigenvalue weighted by atomic mass is 9.94. The lowest BCUT2D eigenvalue weighted by Crippen LogP contribution is -2.51. The Morgan fingerprint density at radius 2 is 2.11 bits per heavy atom. The smallest absolute Gasteiger partial charge is 0.238 e. The van der Waals surface area contributed by atoms with Gasteiger partial charge in [-0.15, -0.1) is 11.8 Å². The van der Waals surface area contributed by atoms with Crippen LogP contribution in [0.2, 0.25) is 0 Å². The number of thioether (sulfide) groups is 1. The maximum atomic E-state index is 12.7. The molecule has 2 saturated heterocycles. The highest BCUT2D eigenvalue weighted by Crippen LogP contribution is 2.40. The molecule has 2 atom stereocenters. The summed E-state index contributed by atoms with van der Waals surface area (Å²) in [6.07, 6.45) is 5.88.